The van der Waals surface area contributed by atoms with Crippen LogP contribution < -0.4 is 16.4 Å². The van der Waals surface area contributed by atoms with E-state index in [1.165, 1.54) is 0 Å². The molecule has 28 heavy (non-hydrogen) atoms. The summed E-state index contributed by atoms with van der Waals surface area (Å²) in [6, 6.07) is 5.71. The van der Waals surface area contributed by atoms with Gasteiger partial charge in [0.25, 0.3) is 0 Å². The maximum atomic E-state index is 12.1. The number of nitrogens with one attached hydrogen (secondary N) is 2. The molecule has 2 amide bonds. The first-order valence-corrected chi connectivity index (χ1v) is 10.6. The third-order valence-electron chi connectivity index (χ3n) is 4.85. The lowest BCUT2D eigenvalue weighted by Crippen LogP contribution is -2.45. The number of rotatable bonds is 9. The van der Waals surface area contributed by atoms with Gasteiger partial charge in [0.1, 0.15) is 0 Å². The Labute approximate surface area is 178 Å². The topological polar surface area (TPSA) is 79.6 Å². The number of hydrogen-bond donors (Lipinski definition) is 3. The number of amides is 2. The van der Waals surface area contributed by atoms with Crippen LogP contribution in [0.1, 0.15) is 32.8 Å². The molecule has 2 rings (SSSR count). The van der Waals surface area contributed by atoms with E-state index in [2.05, 4.69) is 22.5 Å². The number of nitrogens with zero attached hydrogens (tertiary/aromatic N) is 1. The van der Waals surface area contributed by atoms with Gasteiger partial charge in [-0.2, -0.15) is 0 Å². The van der Waals surface area contributed by atoms with Crippen LogP contribution in [0.4, 0.5) is 4.79 Å². The number of hydrogen-bond acceptors (Lipinski definition) is 4. The molecule has 1 fully saturated rings. The maximum Gasteiger partial charge on any atom is 0.315 e. The number of benzene rings is 1. The summed E-state index contributed by atoms with van der Waals surface area (Å²) >= 11 is 12.4. The van der Waals surface area contributed by atoms with Crippen LogP contribution in [0.5, 0.6) is 0 Å². The van der Waals surface area contributed by atoms with E-state index < -0.39 is 0 Å². The van der Waals surface area contributed by atoms with Crippen molar-refractivity contribution in [2.24, 2.45) is 11.7 Å². The van der Waals surface area contributed by atoms with Gasteiger partial charge in [0.05, 0.1) is 13.2 Å². The Balaban J connectivity index is 1.93. The monoisotopic (exact) mass is 430 g/mol. The molecule has 3 atom stereocenters. The summed E-state index contributed by atoms with van der Waals surface area (Å²) < 4.78 is 5.96. The zero-order chi connectivity index (χ0) is 20.7. The Morgan fingerprint density at radius 2 is 2.00 bits per heavy atom. The minimum atomic E-state index is -0.128. The lowest BCUT2D eigenvalue weighted by atomic mass is 10.1. The first kappa shape index (κ1) is 23.2. The van der Waals surface area contributed by atoms with Crippen LogP contribution in [0.3, 0.4) is 0 Å². The molecule has 6 nitrogen and oxygen atoms in total. The molecule has 0 saturated carbocycles. The van der Waals surface area contributed by atoms with Gasteiger partial charge in [0.2, 0.25) is 0 Å². The first-order valence-electron chi connectivity index (χ1n) is 9.81. The van der Waals surface area contributed by atoms with Gasteiger partial charge in [-0.15, -0.1) is 0 Å². The molecule has 0 spiro atoms. The molecule has 0 aliphatic carbocycles. The molecule has 158 valence electrons. The number of likely N-dealkylation sites (tertiary alicyclic amines) is 1. The minimum Gasteiger partial charge on any atom is -0.375 e. The number of halogens is 2. The molecule has 0 unspecified atom stereocenters. The highest BCUT2D eigenvalue weighted by Crippen LogP contribution is 2.26. The molecule has 0 aromatic heterocycles. The molecule has 1 heterocycles. The summed E-state index contributed by atoms with van der Waals surface area (Å²) in [6.45, 7) is 9.22. The number of urea groups is 1. The Kier molecular flexibility index (Phi) is 9.31. The van der Waals surface area contributed by atoms with Crippen LogP contribution in [-0.2, 0) is 11.3 Å². The summed E-state index contributed by atoms with van der Waals surface area (Å²) in [5.41, 5.74) is 6.61. The number of carbonyl (C=O) groups is 1. The number of carbonyl (C=O) groups excluding carboxylic acids is 1. The molecule has 1 aromatic carbocycles. The van der Waals surface area contributed by atoms with Crippen molar-refractivity contribution in [1.29, 1.82) is 0 Å². The van der Waals surface area contributed by atoms with Crippen molar-refractivity contribution in [3.63, 3.8) is 0 Å². The summed E-state index contributed by atoms with van der Waals surface area (Å²) in [7, 11) is 0. The summed E-state index contributed by atoms with van der Waals surface area (Å²) in [4.78, 5) is 14.4. The highest BCUT2D eigenvalue weighted by atomic mass is 35.5. The van der Waals surface area contributed by atoms with Crippen molar-refractivity contribution < 1.29 is 9.53 Å². The fraction of sp³-hybridized carbons (Fsp3) is 0.650. The maximum absolute atomic E-state index is 12.1. The third-order valence-corrected chi connectivity index (χ3v) is 5.56. The predicted octanol–water partition coefficient (Wildman–Crippen LogP) is 3.26. The summed E-state index contributed by atoms with van der Waals surface area (Å²) in [5, 5.41) is 7.16. The van der Waals surface area contributed by atoms with Crippen molar-refractivity contribution in [1.82, 2.24) is 15.5 Å². The van der Waals surface area contributed by atoms with E-state index >= 15 is 0 Å². The standard InChI is InChI=1S/C20H32Cl2N4O2/c1-13(2)24-20(27)25-15-7-16(26(10-15)9-14(3)8-23)11-28-12-17-18(21)5-4-6-19(17)22/h4-6,13-16H,7-12,23H2,1-3H3,(H2,24,25,27)/t14-,15+,16-/m0/s1. The molecule has 8 heteroatoms. The van der Waals surface area contributed by atoms with Crippen molar-refractivity contribution >= 4 is 29.2 Å². The van der Waals surface area contributed by atoms with Gasteiger partial charge < -0.3 is 21.1 Å². The summed E-state index contributed by atoms with van der Waals surface area (Å²) in [5.74, 6) is 0.378. The van der Waals surface area contributed by atoms with Gasteiger partial charge >= 0.3 is 6.03 Å². The molecule has 0 radical (unpaired) electrons. The SMILES string of the molecule is CC(C)NC(=O)N[C@@H]1C[C@@H](COCc2c(Cl)cccc2Cl)N(C[C@@H](C)CN)C1. The number of nitrogens with two attached hydrogens (primary N) is 1. The second kappa shape index (κ2) is 11.2. The second-order valence-corrected chi connectivity index (χ2v) is 8.68. The predicted molar refractivity (Wildman–Crippen MR) is 115 cm³/mol. The van der Waals surface area contributed by atoms with Crippen LogP contribution in [-0.4, -0.2) is 55.3 Å². The molecular weight excluding hydrogens is 399 g/mol. The fourth-order valence-corrected chi connectivity index (χ4v) is 3.92. The van der Waals surface area contributed by atoms with Crippen LogP contribution in [0.2, 0.25) is 10.0 Å². The van der Waals surface area contributed by atoms with E-state index in [9.17, 15) is 4.79 Å². The van der Waals surface area contributed by atoms with E-state index in [1.807, 2.05) is 32.0 Å². The van der Waals surface area contributed by atoms with Crippen LogP contribution in [0, 0.1) is 5.92 Å². The highest BCUT2D eigenvalue weighted by Gasteiger charge is 2.33. The fourth-order valence-electron chi connectivity index (χ4n) is 3.42. The van der Waals surface area contributed by atoms with Crippen molar-refractivity contribution in [2.75, 3.05) is 26.2 Å². The van der Waals surface area contributed by atoms with Gasteiger partial charge in [0, 0.05) is 46.8 Å². The number of ether oxygens (including phenoxy) is 1. The molecule has 1 aliphatic heterocycles. The normalized spacial score (nSPS) is 21.1. The van der Waals surface area contributed by atoms with Crippen molar-refractivity contribution in [3.05, 3.63) is 33.8 Å². The van der Waals surface area contributed by atoms with Gasteiger partial charge in [-0.05, 0) is 44.9 Å². The van der Waals surface area contributed by atoms with E-state index in [4.69, 9.17) is 33.7 Å². The van der Waals surface area contributed by atoms with E-state index in [-0.39, 0.29) is 24.2 Å². The Morgan fingerprint density at radius 3 is 2.61 bits per heavy atom. The average molecular weight is 431 g/mol. The first-order chi connectivity index (χ1) is 13.3. The Hall–Kier alpha value is -1.05. The quantitative estimate of drug-likeness (QED) is 0.561. The summed E-state index contributed by atoms with van der Waals surface area (Å²) in [6.07, 6.45) is 0.832. The largest absolute Gasteiger partial charge is 0.375 e. The highest BCUT2D eigenvalue weighted by molar-refractivity contribution is 6.35. The van der Waals surface area contributed by atoms with Crippen molar-refractivity contribution in [2.45, 2.75) is 51.9 Å². The molecule has 1 aromatic rings. The van der Waals surface area contributed by atoms with E-state index in [1.54, 1.807) is 0 Å². The lowest BCUT2D eigenvalue weighted by Gasteiger charge is -2.26. The zero-order valence-corrected chi connectivity index (χ0v) is 18.4. The molecular formula is C20H32Cl2N4O2. The minimum absolute atomic E-state index is 0.0845. The molecule has 0 bridgehead atoms. The van der Waals surface area contributed by atoms with E-state index in [0.29, 0.717) is 35.7 Å². The molecule has 1 saturated heterocycles. The van der Waals surface area contributed by atoms with Crippen molar-refractivity contribution in [3.8, 4) is 0 Å². The van der Waals surface area contributed by atoms with E-state index in [0.717, 1.165) is 25.1 Å². The third kappa shape index (κ3) is 7.08. The van der Waals surface area contributed by atoms with Gasteiger partial charge in [0.15, 0.2) is 0 Å². The average Bonchev–Trinajstić information content (AvgIpc) is 2.97. The van der Waals surface area contributed by atoms with Gasteiger partial charge in [-0.1, -0.05) is 36.2 Å². The smallest absolute Gasteiger partial charge is 0.315 e. The second-order valence-electron chi connectivity index (χ2n) is 7.87. The van der Waals surface area contributed by atoms with Crippen LogP contribution in [0.15, 0.2) is 18.2 Å². The molecule has 1 aliphatic rings. The lowest BCUT2D eigenvalue weighted by molar-refractivity contribution is 0.0627. The van der Waals surface area contributed by atoms with Crippen LogP contribution in [0.25, 0.3) is 0 Å². The van der Waals surface area contributed by atoms with Gasteiger partial charge in [-0.3, -0.25) is 4.90 Å². The van der Waals surface area contributed by atoms with Gasteiger partial charge in [-0.25, -0.2) is 4.79 Å². The Morgan fingerprint density at radius 1 is 1.32 bits per heavy atom. The Bertz CT molecular complexity index is 624. The molecule has 4 N–H and O–H groups in total. The van der Waals surface area contributed by atoms with Crippen LogP contribution >= 0.6 is 23.2 Å². The zero-order valence-electron chi connectivity index (χ0n) is 16.9.